The van der Waals surface area contributed by atoms with E-state index in [1.54, 1.807) is 27.6 Å². The lowest BCUT2D eigenvalue weighted by molar-refractivity contribution is -0.131. The predicted molar refractivity (Wildman–Crippen MR) is 109 cm³/mol. The molecule has 0 fully saturated rings. The molecular weight excluding hydrogens is 362 g/mol. The van der Waals surface area contributed by atoms with E-state index in [0.29, 0.717) is 12.8 Å². The van der Waals surface area contributed by atoms with Crippen LogP contribution in [0.1, 0.15) is 29.4 Å². The van der Waals surface area contributed by atoms with Gasteiger partial charge < -0.3 is 4.90 Å². The summed E-state index contributed by atoms with van der Waals surface area (Å²) in [6.07, 6.45) is 1.14. The van der Waals surface area contributed by atoms with Crippen molar-refractivity contribution in [1.29, 1.82) is 0 Å². The highest BCUT2D eigenvalue weighted by Gasteiger charge is 2.20. The minimum absolute atomic E-state index is 0.0322. The number of amides is 1. The van der Waals surface area contributed by atoms with Gasteiger partial charge in [0.2, 0.25) is 5.91 Å². The summed E-state index contributed by atoms with van der Waals surface area (Å²) in [6, 6.07) is 16.1. The van der Waals surface area contributed by atoms with Gasteiger partial charge in [0, 0.05) is 19.9 Å². The molecule has 4 nitrogen and oxygen atoms in total. The van der Waals surface area contributed by atoms with E-state index >= 15 is 0 Å². The first-order valence-electron chi connectivity index (χ1n) is 8.57. The van der Waals surface area contributed by atoms with Gasteiger partial charge in [0.25, 0.3) is 0 Å². The molecule has 132 valence electrons. The van der Waals surface area contributed by atoms with Crippen LogP contribution in [0.3, 0.4) is 0 Å². The van der Waals surface area contributed by atoms with E-state index in [2.05, 4.69) is 22.1 Å². The van der Waals surface area contributed by atoms with E-state index in [4.69, 9.17) is 0 Å². The standard InChI is InChI=1S/C20H19N3OS2/c1-13(20-22-15-8-4-6-10-17(15)26-20)23(2)19(24)12-11-18-21-14-7-3-5-9-16(14)25-18/h3-10,13H,11-12H2,1-2H3/t13-/m1/s1. The maximum atomic E-state index is 12.6. The van der Waals surface area contributed by atoms with Crippen LogP contribution in [0, 0.1) is 0 Å². The number of nitrogens with zero attached hydrogens (tertiary/aromatic N) is 3. The van der Waals surface area contributed by atoms with Crippen molar-refractivity contribution in [2.45, 2.75) is 25.8 Å². The Kier molecular flexibility index (Phi) is 4.70. The zero-order valence-corrected chi connectivity index (χ0v) is 16.3. The number of para-hydroxylation sites is 2. The summed E-state index contributed by atoms with van der Waals surface area (Å²) in [5.41, 5.74) is 2.01. The SMILES string of the molecule is C[C@H](c1nc2ccccc2s1)N(C)C(=O)CCc1nc2ccccc2s1. The molecule has 0 aliphatic heterocycles. The molecule has 4 aromatic rings. The summed E-state index contributed by atoms with van der Waals surface area (Å²) in [5, 5.41) is 1.99. The maximum absolute atomic E-state index is 12.6. The van der Waals surface area contributed by atoms with Crippen molar-refractivity contribution in [2.75, 3.05) is 7.05 Å². The number of rotatable bonds is 5. The number of aromatic nitrogens is 2. The summed E-state index contributed by atoms with van der Waals surface area (Å²) in [7, 11) is 1.86. The van der Waals surface area contributed by atoms with E-state index in [-0.39, 0.29) is 11.9 Å². The molecule has 0 saturated carbocycles. The smallest absolute Gasteiger partial charge is 0.223 e. The highest BCUT2D eigenvalue weighted by molar-refractivity contribution is 7.18. The van der Waals surface area contributed by atoms with Crippen LogP contribution in [0.4, 0.5) is 0 Å². The summed E-state index contributed by atoms with van der Waals surface area (Å²) < 4.78 is 2.33. The molecule has 0 aliphatic carbocycles. The monoisotopic (exact) mass is 381 g/mol. The molecule has 0 bridgehead atoms. The average molecular weight is 382 g/mol. The topological polar surface area (TPSA) is 46.1 Å². The highest BCUT2D eigenvalue weighted by atomic mass is 32.1. The van der Waals surface area contributed by atoms with Crippen LogP contribution in [-0.2, 0) is 11.2 Å². The minimum atomic E-state index is -0.0322. The van der Waals surface area contributed by atoms with Crippen molar-refractivity contribution in [3.63, 3.8) is 0 Å². The Morgan fingerprint density at radius 2 is 1.62 bits per heavy atom. The van der Waals surface area contributed by atoms with E-state index in [0.717, 1.165) is 25.7 Å². The van der Waals surface area contributed by atoms with Gasteiger partial charge >= 0.3 is 0 Å². The van der Waals surface area contributed by atoms with Crippen LogP contribution in [0.25, 0.3) is 20.4 Å². The van der Waals surface area contributed by atoms with Crippen LogP contribution >= 0.6 is 22.7 Å². The predicted octanol–water partition coefficient (Wildman–Crippen LogP) is 5.06. The zero-order valence-electron chi connectivity index (χ0n) is 14.7. The largest absolute Gasteiger partial charge is 0.337 e. The molecule has 0 unspecified atom stereocenters. The lowest BCUT2D eigenvalue weighted by Crippen LogP contribution is -2.29. The molecule has 0 aliphatic rings. The Morgan fingerprint density at radius 3 is 2.27 bits per heavy atom. The Balaban J connectivity index is 1.43. The zero-order chi connectivity index (χ0) is 18.1. The molecule has 2 aromatic carbocycles. The fourth-order valence-electron chi connectivity index (χ4n) is 2.87. The van der Waals surface area contributed by atoms with Gasteiger partial charge in [-0.1, -0.05) is 24.3 Å². The maximum Gasteiger partial charge on any atom is 0.223 e. The van der Waals surface area contributed by atoms with Crippen LogP contribution in [0.2, 0.25) is 0 Å². The van der Waals surface area contributed by atoms with Crippen molar-refractivity contribution in [2.24, 2.45) is 0 Å². The number of benzene rings is 2. The van der Waals surface area contributed by atoms with Gasteiger partial charge in [0.05, 0.1) is 31.5 Å². The van der Waals surface area contributed by atoms with Gasteiger partial charge in [0.1, 0.15) is 5.01 Å². The summed E-state index contributed by atoms with van der Waals surface area (Å²) >= 11 is 3.32. The van der Waals surface area contributed by atoms with Gasteiger partial charge in [-0.2, -0.15) is 0 Å². The number of thiazole rings is 2. The Hall–Kier alpha value is -2.31. The third-order valence-corrected chi connectivity index (χ3v) is 6.84. The molecule has 1 amide bonds. The van der Waals surface area contributed by atoms with Gasteiger partial charge in [-0.25, -0.2) is 9.97 Å². The molecule has 0 saturated heterocycles. The Morgan fingerprint density at radius 1 is 1.00 bits per heavy atom. The fraction of sp³-hybridized carbons (Fsp3) is 0.250. The van der Waals surface area contributed by atoms with Crippen LogP contribution in [0.5, 0.6) is 0 Å². The third-order valence-electron chi connectivity index (χ3n) is 4.53. The summed E-state index contributed by atoms with van der Waals surface area (Å²) in [4.78, 5) is 23.7. The normalized spacial score (nSPS) is 12.5. The van der Waals surface area contributed by atoms with Gasteiger partial charge in [-0.05, 0) is 31.2 Å². The molecule has 0 N–H and O–H groups in total. The van der Waals surface area contributed by atoms with Crippen molar-refractivity contribution in [1.82, 2.24) is 14.9 Å². The van der Waals surface area contributed by atoms with Crippen molar-refractivity contribution < 1.29 is 4.79 Å². The van der Waals surface area contributed by atoms with Crippen molar-refractivity contribution in [3.05, 3.63) is 58.5 Å². The second kappa shape index (κ2) is 7.13. The Bertz CT molecular complexity index is 1000. The van der Waals surface area contributed by atoms with Crippen LogP contribution < -0.4 is 0 Å². The number of carbonyl (C=O) groups is 1. The quantitative estimate of drug-likeness (QED) is 0.485. The van der Waals surface area contributed by atoms with Crippen LogP contribution in [-0.4, -0.2) is 27.8 Å². The number of fused-ring (bicyclic) bond motifs is 2. The first kappa shape index (κ1) is 17.1. The molecular formula is C20H19N3OS2. The molecule has 2 aromatic heterocycles. The summed E-state index contributed by atoms with van der Waals surface area (Å²) in [5.74, 6) is 0.121. The molecule has 1 atom stereocenters. The minimum Gasteiger partial charge on any atom is -0.337 e. The van der Waals surface area contributed by atoms with E-state index < -0.39 is 0 Å². The number of aryl methyl sites for hydroxylation is 1. The number of hydrogen-bond acceptors (Lipinski definition) is 5. The van der Waals surface area contributed by atoms with E-state index in [1.807, 2.05) is 50.4 Å². The second-order valence-electron chi connectivity index (χ2n) is 6.28. The molecule has 2 heterocycles. The molecule has 0 spiro atoms. The summed E-state index contributed by atoms with van der Waals surface area (Å²) in [6.45, 7) is 2.04. The van der Waals surface area contributed by atoms with Gasteiger partial charge in [0.15, 0.2) is 0 Å². The lowest BCUT2D eigenvalue weighted by Gasteiger charge is -2.23. The molecule has 26 heavy (non-hydrogen) atoms. The first-order valence-corrected chi connectivity index (χ1v) is 10.2. The molecule has 4 rings (SSSR count). The fourth-order valence-corrected chi connectivity index (χ4v) is 4.90. The lowest BCUT2D eigenvalue weighted by atomic mass is 10.2. The highest BCUT2D eigenvalue weighted by Crippen LogP contribution is 2.29. The average Bonchev–Trinajstić information content (AvgIpc) is 3.28. The van der Waals surface area contributed by atoms with Gasteiger partial charge in [-0.15, -0.1) is 22.7 Å². The first-order chi connectivity index (χ1) is 12.6. The molecule has 6 heteroatoms. The number of carbonyl (C=O) groups excluding carboxylic acids is 1. The number of hydrogen-bond donors (Lipinski definition) is 0. The van der Waals surface area contributed by atoms with Crippen molar-refractivity contribution in [3.8, 4) is 0 Å². The second-order valence-corrected chi connectivity index (χ2v) is 8.45. The van der Waals surface area contributed by atoms with E-state index in [9.17, 15) is 4.79 Å². The van der Waals surface area contributed by atoms with Crippen molar-refractivity contribution >= 4 is 49.0 Å². The van der Waals surface area contributed by atoms with Crippen LogP contribution in [0.15, 0.2) is 48.5 Å². The van der Waals surface area contributed by atoms with Gasteiger partial charge in [-0.3, -0.25) is 4.79 Å². The van der Waals surface area contributed by atoms with E-state index in [1.165, 1.54) is 4.70 Å². The Labute approximate surface area is 160 Å². The third kappa shape index (κ3) is 3.34. The molecule has 0 radical (unpaired) electrons.